The lowest BCUT2D eigenvalue weighted by Gasteiger charge is -2.36. The van der Waals surface area contributed by atoms with Gasteiger partial charge in [-0.2, -0.15) is 5.26 Å². The van der Waals surface area contributed by atoms with E-state index in [1.807, 2.05) is 18.2 Å². The minimum Gasteiger partial charge on any atom is -0.442 e. The van der Waals surface area contributed by atoms with Crippen LogP contribution in [0, 0.1) is 11.3 Å². The Kier molecular flexibility index (Phi) is 4.23. The van der Waals surface area contributed by atoms with Crippen LogP contribution < -0.4 is 4.90 Å². The van der Waals surface area contributed by atoms with Crippen LogP contribution in [0.15, 0.2) is 47.0 Å². The molecule has 7 heteroatoms. The minimum atomic E-state index is -0.0890. The van der Waals surface area contributed by atoms with E-state index in [9.17, 15) is 4.79 Å². The fraction of sp³-hybridized carbons (Fsp3) is 0.211. The van der Waals surface area contributed by atoms with Gasteiger partial charge in [0.15, 0.2) is 10.8 Å². The predicted octanol–water partition coefficient (Wildman–Crippen LogP) is 3.32. The molecule has 1 saturated heterocycles. The molecule has 0 saturated carbocycles. The van der Waals surface area contributed by atoms with Gasteiger partial charge < -0.3 is 14.2 Å². The molecule has 0 spiro atoms. The fourth-order valence-corrected chi connectivity index (χ4v) is 3.37. The van der Waals surface area contributed by atoms with Crippen LogP contribution in [0.4, 0.5) is 5.69 Å². The first-order valence-electron chi connectivity index (χ1n) is 8.24. The van der Waals surface area contributed by atoms with Gasteiger partial charge in [0.2, 0.25) is 0 Å². The SMILES string of the molecule is N#Cc1cccc(N2CCN(C(=O)c3ccnc4cc(Cl)oc34)CC2)c1. The highest BCUT2D eigenvalue weighted by atomic mass is 35.5. The van der Waals surface area contributed by atoms with E-state index in [2.05, 4.69) is 16.0 Å². The molecule has 3 heterocycles. The second-order valence-corrected chi connectivity index (χ2v) is 6.44. The van der Waals surface area contributed by atoms with Crippen molar-refractivity contribution in [1.29, 1.82) is 5.26 Å². The molecule has 4 rings (SSSR count). The quantitative estimate of drug-likeness (QED) is 0.695. The van der Waals surface area contributed by atoms with E-state index in [0.29, 0.717) is 48.4 Å². The van der Waals surface area contributed by atoms with Gasteiger partial charge in [0, 0.05) is 44.1 Å². The summed E-state index contributed by atoms with van der Waals surface area (Å²) >= 11 is 5.90. The van der Waals surface area contributed by atoms with Crippen LogP contribution in [0.25, 0.3) is 11.1 Å². The third-order valence-corrected chi connectivity index (χ3v) is 4.71. The third kappa shape index (κ3) is 2.98. The van der Waals surface area contributed by atoms with Gasteiger partial charge in [0.05, 0.1) is 17.2 Å². The number of rotatable bonds is 2. The molecule has 0 bridgehead atoms. The number of hydrogen-bond donors (Lipinski definition) is 0. The highest BCUT2D eigenvalue weighted by molar-refractivity contribution is 6.29. The van der Waals surface area contributed by atoms with Crippen LogP contribution in [-0.2, 0) is 0 Å². The van der Waals surface area contributed by atoms with Crippen LogP contribution >= 0.6 is 11.6 Å². The van der Waals surface area contributed by atoms with Crippen LogP contribution in [0.2, 0.25) is 5.22 Å². The lowest BCUT2D eigenvalue weighted by Crippen LogP contribution is -2.48. The minimum absolute atomic E-state index is 0.0890. The van der Waals surface area contributed by atoms with Gasteiger partial charge in [0.1, 0.15) is 5.52 Å². The van der Waals surface area contributed by atoms with E-state index in [1.54, 1.807) is 29.3 Å². The van der Waals surface area contributed by atoms with E-state index in [4.69, 9.17) is 21.3 Å². The summed E-state index contributed by atoms with van der Waals surface area (Å²) in [5.74, 6) is -0.0890. The molecule has 0 N–H and O–H groups in total. The van der Waals surface area contributed by atoms with E-state index in [0.717, 1.165) is 5.69 Å². The van der Waals surface area contributed by atoms with Crippen molar-refractivity contribution in [3.8, 4) is 6.07 Å². The van der Waals surface area contributed by atoms with E-state index >= 15 is 0 Å². The van der Waals surface area contributed by atoms with Crippen LogP contribution in [0.3, 0.4) is 0 Å². The van der Waals surface area contributed by atoms with Gasteiger partial charge in [0.25, 0.3) is 5.91 Å². The summed E-state index contributed by atoms with van der Waals surface area (Å²) in [5.41, 5.74) is 3.11. The smallest absolute Gasteiger partial charge is 0.257 e. The molecule has 0 aliphatic carbocycles. The number of furan rings is 1. The summed E-state index contributed by atoms with van der Waals surface area (Å²) in [4.78, 5) is 21.1. The van der Waals surface area contributed by atoms with Crippen molar-refractivity contribution in [1.82, 2.24) is 9.88 Å². The average Bonchev–Trinajstić information content (AvgIpc) is 3.07. The Hall–Kier alpha value is -3.04. The van der Waals surface area contributed by atoms with Gasteiger partial charge in [-0.1, -0.05) is 6.07 Å². The zero-order valence-electron chi connectivity index (χ0n) is 13.9. The molecule has 1 amide bonds. The molecule has 3 aromatic rings. The lowest BCUT2D eigenvalue weighted by molar-refractivity contribution is 0.0747. The first-order chi connectivity index (χ1) is 12.7. The van der Waals surface area contributed by atoms with Gasteiger partial charge in [-0.3, -0.25) is 9.78 Å². The molecule has 6 nitrogen and oxygen atoms in total. The normalized spacial score (nSPS) is 14.5. The number of pyridine rings is 1. The first kappa shape index (κ1) is 16.4. The number of aromatic nitrogens is 1. The standard InChI is InChI=1S/C19H15ClN4O2/c20-17-11-16-18(26-17)15(4-5-22-16)19(25)24-8-6-23(7-9-24)14-3-1-2-13(10-14)12-21/h1-5,10-11H,6-9H2. The van der Waals surface area contributed by atoms with Crippen molar-refractivity contribution in [2.45, 2.75) is 0 Å². The molecule has 0 radical (unpaired) electrons. The summed E-state index contributed by atoms with van der Waals surface area (Å²) in [6.45, 7) is 2.59. The number of carbonyl (C=O) groups is 1. The second-order valence-electron chi connectivity index (χ2n) is 6.06. The van der Waals surface area contributed by atoms with Crippen molar-refractivity contribution in [3.63, 3.8) is 0 Å². The molecule has 1 fully saturated rings. The number of halogens is 1. The lowest BCUT2D eigenvalue weighted by atomic mass is 10.1. The Balaban J connectivity index is 1.50. The zero-order valence-corrected chi connectivity index (χ0v) is 14.6. The Morgan fingerprint density at radius 3 is 2.77 bits per heavy atom. The molecule has 26 heavy (non-hydrogen) atoms. The largest absolute Gasteiger partial charge is 0.442 e. The number of hydrogen-bond acceptors (Lipinski definition) is 5. The van der Waals surface area contributed by atoms with E-state index < -0.39 is 0 Å². The van der Waals surface area contributed by atoms with Crippen LogP contribution in [-0.4, -0.2) is 42.0 Å². The van der Waals surface area contributed by atoms with Gasteiger partial charge in [-0.05, 0) is 35.9 Å². The molecular weight excluding hydrogens is 352 g/mol. The summed E-state index contributed by atoms with van der Waals surface area (Å²) in [6.07, 6.45) is 1.59. The monoisotopic (exact) mass is 366 g/mol. The fourth-order valence-electron chi connectivity index (χ4n) is 3.19. The molecular formula is C19H15ClN4O2. The van der Waals surface area contributed by atoms with Crippen molar-refractivity contribution >= 4 is 34.3 Å². The molecule has 0 unspecified atom stereocenters. The molecule has 2 aromatic heterocycles. The third-order valence-electron chi connectivity index (χ3n) is 4.52. The Morgan fingerprint density at radius 2 is 2.00 bits per heavy atom. The van der Waals surface area contributed by atoms with E-state index in [-0.39, 0.29) is 11.1 Å². The zero-order chi connectivity index (χ0) is 18.1. The highest BCUT2D eigenvalue weighted by Gasteiger charge is 2.25. The van der Waals surface area contributed by atoms with Crippen molar-refractivity contribution in [2.75, 3.05) is 31.1 Å². The molecule has 130 valence electrons. The average molecular weight is 367 g/mol. The Labute approximate surface area is 155 Å². The van der Waals surface area contributed by atoms with Crippen LogP contribution in [0.1, 0.15) is 15.9 Å². The number of piperazine rings is 1. The Bertz CT molecular complexity index is 1020. The number of nitriles is 1. The number of benzene rings is 1. The number of amides is 1. The van der Waals surface area contributed by atoms with E-state index in [1.165, 1.54) is 0 Å². The first-order valence-corrected chi connectivity index (χ1v) is 8.62. The summed E-state index contributed by atoms with van der Waals surface area (Å²) in [5, 5.41) is 9.26. The highest BCUT2D eigenvalue weighted by Crippen LogP contribution is 2.26. The number of nitrogens with zero attached hydrogens (tertiary/aromatic N) is 4. The summed E-state index contributed by atoms with van der Waals surface area (Å²) in [6, 6.07) is 12.9. The molecule has 0 atom stereocenters. The van der Waals surface area contributed by atoms with Crippen LogP contribution in [0.5, 0.6) is 0 Å². The number of anilines is 1. The van der Waals surface area contributed by atoms with Crippen molar-refractivity contribution in [2.24, 2.45) is 0 Å². The molecule has 1 aliphatic heterocycles. The summed E-state index contributed by atoms with van der Waals surface area (Å²) in [7, 11) is 0. The second kappa shape index (κ2) is 6.70. The predicted molar refractivity (Wildman–Crippen MR) is 98.3 cm³/mol. The maximum absolute atomic E-state index is 12.9. The number of fused-ring (bicyclic) bond motifs is 1. The Morgan fingerprint density at radius 1 is 1.19 bits per heavy atom. The maximum Gasteiger partial charge on any atom is 0.257 e. The number of carbonyl (C=O) groups excluding carboxylic acids is 1. The maximum atomic E-state index is 12.9. The van der Waals surface area contributed by atoms with Crippen molar-refractivity contribution < 1.29 is 9.21 Å². The van der Waals surface area contributed by atoms with Crippen molar-refractivity contribution in [3.05, 3.63) is 58.9 Å². The van der Waals surface area contributed by atoms with Gasteiger partial charge in [-0.25, -0.2) is 0 Å². The van der Waals surface area contributed by atoms with Gasteiger partial charge >= 0.3 is 0 Å². The molecule has 1 aliphatic rings. The molecule has 1 aromatic carbocycles. The summed E-state index contributed by atoms with van der Waals surface area (Å²) < 4.78 is 5.44. The van der Waals surface area contributed by atoms with Gasteiger partial charge in [-0.15, -0.1) is 0 Å². The topological polar surface area (TPSA) is 73.4 Å².